The summed E-state index contributed by atoms with van der Waals surface area (Å²) in [6.07, 6.45) is 1.28. The van der Waals surface area contributed by atoms with Crippen molar-refractivity contribution in [2.75, 3.05) is 0 Å². The molecule has 0 amide bonds. The van der Waals surface area contributed by atoms with Gasteiger partial charge in [-0.1, -0.05) is 0 Å². The maximum Gasteiger partial charge on any atom is 0.163 e. The minimum Gasteiger partial charge on any atom is -0.388 e. The Bertz CT molecular complexity index is 464. The van der Waals surface area contributed by atoms with E-state index >= 15 is 0 Å². The molecule has 15 heavy (non-hydrogen) atoms. The predicted molar refractivity (Wildman–Crippen MR) is 47.2 cm³/mol. The second kappa shape index (κ2) is 3.74. The van der Waals surface area contributed by atoms with Crippen LogP contribution < -0.4 is 0 Å². The number of aliphatic hydroxyl groups is 1. The van der Waals surface area contributed by atoms with E-state index in [4.69, 9.17) is 5.11 Å². The fourth-order valence-electron chi connectivity index (χ4n) is 1.26. The topological polar surface area (TPSA) is 50.9 Å². The maximum absolute atomic E-state index is 12.9. The lowest BCUT2D eigenvalue weighted by atomic mass is 10.3. The van der Waals surface area contributed by atoms with Crippen molar-refractivity contribution in [3.8, 4) is 5.69 Å². The van der Waals surface area contributed by atoms with Crippen molar-refractivity contribution in [2.45, 2.75) is 6.61 Å². The Morgan fingerprint density at radius 1 is 1.20 bits per heavy atom. The minimum atomic E-state index is -0.692. The van der Waals surface area contributed by atoms with E-state index in [0.717, 1.165) is 18.2 Å². The normalized spacial score (nSPS) is 10.6. The van der Waals surface area contributed by atoms with Crippen molar-refractivity contribution in [1.29, 1.82) is 0 Å². The average molecular weight is 211 g/mol. The quantitative estimate of drug-likeness (QED) is 0.807. The highest BCUT2D eigenvalue weighted by Gasteiger charge is 2.07. The first kappa shape index (κ1) is 9.72. The van der Waals surface area contributed by atoms with Crippen molar-refractivity contribution in [3.63, 3.8) is 0 Å². The molecule has 1 heterocycles. The van der Waals surface area contributed by atoms with Crippen molar-refractivity contribution >= 4 is 0 Å². The number of rotatable bonds is 2. The van der Waals surface area contributed by atoms with Crippen molar-refractivity contribution in [3.05, 3.63) is 42.0 Å². The van der Waals surface area contributed by atoms with Crippen LogP contribution in [-0.4, -0.2) is 19.9 Å². The molecule has 0 saturated heterocycles. The van der Waals surface area contributed by atoms with Gasteiger partial charge >= 0.3 is 0 Å². The van der Waals surface area contributed by atoms with E-state index in [2.05, 4.69) is 10.2 Å². The van der Waals surface area contributed by atoms with Gasteiger partial charge in [0.05, 0.1) is 5.69 Å². The molecule has 0 unspecified atom stereocenters. The molecule has 0 spiro atoms. The highest BCUT2D eigenvalue weighted by atomic mass is 19.1. The van der Waals surface area contributed by atoms with Gasteiger partial charge in [0.2, 0.25) is 0 Å². The van der Waals surface area contributed by atoms with E-state index in [1.54, 1.807) is 0 Å². The molecule has 0 atom stereocenters. The van der Waals surface area contributed by atoms with E-state index in [9.17, 15) is 8.78 Å². The number of benzene rings is 1. The molecule has 1 aromatic heterocycles. The molecule has 0 fully saturated rings. The van der Waals surface area contributed by atoms with Gasteiger partial charge in [-0.2, -0.15) is 0 Å². The molecule has 0 aliphatic rings. The van der Waals surface area contributed by atoms with Gasteiger partial charge in [0.25, 0.3) is 0 Å². The first-order valence-electron chi connectivity index (χ1n) is 4.17. The van der Waals surface area contributed by atoms with Gasteiger partial charge in [-0.25, -0.2) is 8.78 Å². The third kappa shape index (κ3) is 1.84. The molecule has 0 aliphatic heterocycles. The molecule has 2 aromatic rings. The number of halogens is 2. The van der Waals surface area contributed by atoms with Gasteiger partial charge < -0.3 is 5.11 Å². The van der Waals surface area contributed by atoms with Crippen LogP contribution in [0.5, 0.6) is 0 Å². The molecule has 78 valence electrons. The summed E-state index contributed by atoms with van der Waals surface area (Å²) in [6, 6.07) is 3.03. The van der Waals surface area contributed by atoms with Crippen LogP contribution in [0.3, 0.4) is 0 Å². The van der Waals surface area contributed by atoms with Crippen LogP contribution in [0.4, 0.5) is 8.78 Å². The van der Waals surface area contributed by atoms with Crippen LogP contribution in [0.15, 0.2) is 24.5 Å². The summed E-state index contributed by atoms with van der Waals surface area (Å²) >= 11 is 0. The van der Waals surface area contributed by atoms with Crippen molar-refractivity contribution in [2.24, 2.45) is 0 Å². The Labute approximate surface area is 83.8 Å². The Morgan fingerprint density at radius 3 is 2.47 bits per heavy atom. The summed E-state index contributed by atoms with van der Waals surface area (Å²) in [4.78, 5) is 0. The predicted octanol–water partition coefficient (Wildman–Crippen LogP) is 1.04. The summed E-state index contributed by atoms with van der Waals surface area (Å²) in [5.41, 5.74) is 0.238. The van der Waals surface area contributed by atoms with Gasteiger partial charge in [0.15, 0.2) is 5.82 Å². The van der Waals surface area contributed by atoms with Gasteiger partial charge in [-0.15, -0.1) is 10.2 Å². The molecule has 2 rings (SSSR count). The van der Waals surface area contributed by atoms with Gasteiger partial charge in [-0.3, -0.25) is 4.57 Å². The summed E-state index contributed by atoms with van der Waals surface area (Å²) in [5, 5.41) is 16.0. The van der Waals surface area contributed by atoms with Gasteiger partial charge in [0.1, 0.15) is 24.6 Å². The highest BCUT2D eigenvalue weighted by molar-refractivity contribution is 5.33. The first-order valence-corrected chi connectivity index (χ1v) is 4.17. The SMILES string of the molecule is OCc1nncn1-c1cc(F)cc(F)c1. The lowest BCUT2D eigenvalue weighted by molar-refractivity contribution is 0.269. The third-order valence-corrected chi connectivity index (χ3v) is 1.89. The van der Waals surface area contributed by atoms with Gasteiger partial charge in [-0.05, 0) is 12.1 Å². The smallest absolute Gasteiger partial charge is 0.163 e. The van der Waals surface area contributed by atoms with E-state index < -0.39 is 11.6 Å². The molecular formula is C9H7F2N3O. The van der Waals surface area contributed by atoms with Crippen LogP contribution in [-0.2, 0) is 6.61 Å². The second-order valence-corrected chi connectivity index (χ2v) is 2.90. The third-order valence-electron chi connectivity index (χ3n) is 1.89. The number of aliphatic hydroxyl groups excluding tert-OH is 1. The van der Waals surface area contributed by atoms with Gasteiger partial charge in [0, 0.05) is 6.07 Å². The summed E-state index contributed by atoms with van der Waals surface area (Å²) < 4.78 is 27.1. The number of hydrogen-bond acceptors (Lipinski definition) is 3. The standard InChI is InChI=1S/C9H7F2N3O/c10-6-1-7(11)3-8(2-6)14-5-12-13-9(14)4-15/h1-3,5,15H,4H2. The molecule has 4 nitrogen and oxygen atoms in total. The van der Waals surface area contributed by atoms with E-state index in [1.165, 1.54) is 10.9 Å². The van der Waals surface area contributed by atoms with Crippen LogP contribution >= 0.6 is 0 Å². The first-order chi connectivity index (χ1) is 7.20. The number of hydrogen-bond donors (Lipinski definition) is 1. The molecule has 1 N–H and O–H groups in total. The molecule has 1 aromatic carbocycles. The van der Waals surface area contributed by atoms with Crippen LogP contribution in [0, 0.1) is 11.6 Å². The zero-order valence-corrected chi connectivity index (χ0v) is 7.56. The maximum atomic E-state index is 12.9. The zero-order chi connectivity index (χ0) is 10.8. The van der Waals surface area contributed by atoms with Crippen LogP contribution in [0.25, 0.3) is 5.69 Å². The average Bonchev–Trinajstić information content (AvgIpc) is 2.63. The largest absolute Gasteiger partial charge is 0.388 e. The molecule has 0 saturated carbocycles. The lowest BCUT2D eigenvalue weighted by Gasteiger charge is -2.04. The fraction of sp³-hybridized carbons (Fsp3) is 0.111. The number of nitrogens with zero attached hydrogens (tertiary/aromatic N) is 3. The molecule has 0 bridgehead atoms. The molecule has 0 radical (unpaired) electrons. The number of aromatic nitrogens is 3. The molecule has 6 heteroatoms. The zero-order valence-electron chi connectivity index (χ0n) is 7.56. The summed E-state index contributed by atoms with van der Waals surface area (Å²) in [6.45, 7) is -0.349. The van der Waals surface area contributed by atoms with E-state index in [1.807, 2.05) is 0 Å². The molecule has 0 aliphatic carbocycles. The summed E-state index contributed by atoms with van der Waals surface area (Å²) in [5.74, 6) is -1.16. The minimum absolute atomic E-state index is 0.222. The second-order valence-electron chi connectivity index (χ2n) is 2.90. The Hall–Kier alpha value is -1.82. The van der Waals surface area contributed by atoms with E-state index in [0.29, 0.717) is 0 Å². The van der Waals surface area contributed by atoms with Crippen LogP contribution in [0.1, 0.15) is 5.82 Å². The molecular weight excluding hydrogens is 204 g/mol. The van der Waals surface area contributed by atoms with E-state index in [-0.39, 0.29) is 18.1 Å². The Balaban J connectivity index is 2.53. The van der Waals surface area contributed by atoms with Crippen LogP contribution in [0.2, 0.25) is 0 Å². The van der Waals surface area contributed by atoms with Crippen molar-refractivity contribution < 1.29 is 13.9 Å². The highest BCUT2D eigenvalue weighted by Crippen LogP contribution is 2.13. The Morgan fingerprint density at radius 2 is 1.87 bits per heavy atom. The summed E-state index contributed by atoms with van der Waals surface area (Å²) in [7, 11) is 0. The lowest BCUT2D eigenvalue weighted by Crippen LogP contribution is -2.01. The Kier molecular flexibility index (Phi) is 2.42. The fourth-order valence-corrected chi connectivity index (χ4v) is 1.26. The monoisotopic (exact) mass is 211 g/mol. The van der Waals surface area contributed by atoms with Crippen molar-refractivity contribution in [1.82, 2.24) is 14.8 Å².